The topological polar surface area (TPSA) is 85.2 Å². The highest BCUT2D eigenvalue weighted by atomic mass is 16.5. The molecule has 2 aromatic rings. The van der Waals surface area contributed by atoms with Gasteiger partial charge in [-0.05, 0) is 32.3 Å². The zero-order valence-electron chi connectivity index (χ0n) is 15.4. The first-order valence-electron chi connectivity index (χ1n) is 9.24. The third kappa shape index (κ3) is 4.30. The molecule has 1 saturated heterocycles. The largest absolute Gasteiger partial charge is 0.475 e. The lowest BCUT2D eigenvalue weighted by atomic mass is 10.0. The maximum Gasteiger partial charge on any atom is 0.274 e. The number of carbonyl (C=O) groups is 1. The molecule has 8 nitrogen and oxygen atoms in total. The molecular formula is C18H26N6O2. The molecule has 2 aromatic heterocycles. The number of aryl methyl sites for hydroxylation is 1. The second kappa shape index (κ2) is 8.64. The predicted molar refractivity (Wildman–Crippen MR) is 98.3 cm³/mol. The normalized spacial score (nSPS) is 15.1. The van der Waals surface area contributed by atoms with Gasteiger partial charge in [0, 0.05) is 44.3 Å². The molecular weight excluding hydrogens is 332 g/mol. The van der Waals surface area contributed by atoms with Crippen LogP contribution in [-0.4, -0.2) is 56.3 Å². The number of rotatable bonds is 7. The predicted octanol–water partition coefficient (Wildman–Crippen LogP) is 2.20. The number of anilines is 1. The van der Waals surface area contributed by atoms with Crippen LogP contribution in [-0.2, 0) is 6.54 Å². The van der Waals surface area contributed by atoms with E-state index in [1.54, 1.807) is 23.1 Å². The van der Waals surface area contributed by atoms with Gasteiger partial charge in [0.05, 0.1) is 6.61 Å². The molecule has 140 valence electrons. The Labute approximate surface area is 153 Å². The summed E-state index contributed by atoms with van der Waals surface area (Å²) in [4.78, 5) is 23.0. The molecule has 0 bridgehead atoms. The molecule has 0 unspecified atom stereocenters. The maximum absolute atomic E-state index is 12.6. The van der Waals surface area contributed by atoms with Crippen LogP contribution >= 0.6 is 0 Å². The third-order valence-electron chi connectivity index (χ3n) is 4.41. The first-order valence-corrected chi connectivity index (χ1v) is 9.24. The molecule has 1 N–H and O–H groups in total. The Hall–Kier alpha value is -2.64. The van der Waals surface area contributed by atoms with Crippen molar-refractivity contribution in [1.29, 1.82) is 0 Å². The number of aromatic nitrogens is 4. The second-order valence-electron chi connectivity index (χ2n) is 6.33. The van der Waals surface area contributed by atoms with E-state index in [1.807, 2.05) is 18.0 Å². The molecule has 3 heterocycles. The summed E-state index contributed by atoms with van der Waals surface area (Å²) in [6, 6.07) is 2.03. The van der Waals surface area contributed by atoms with E-state index >= 15 is 0 Å². The van der Waals surface area contributed by atoms with Crippen molar-refractivity contribution in [2.24, 2.45) is 0 Å². The monoisotopic (exact) mass is 358 g/mol. The molecule has 3 rings (SSSR count). The molecule has 0 radical (unpaired) electrons. The standard InChI is InChI=1S/C18H26N6O2/c1-3-13-26-17-16(19-8-9-20-17)21-14-5-10-23(11-6-14)18(25)15-7-12-24(4-2)22-15/h7-9,12,14H,3-6,10-11,13H2,1-2H3,(H,19,21). The molecule has 0 spiro atoms. The highest BCUT2D eigenvalue weighted by molar-refractivity contribution is 5.92. The maximum atomic E-state index is 12.6. The van der Waals surface area contributed by atoms with Crippen molar-refractivity contribution in [3.05, 3.63) is 30.4 Å². The van der Waals surface area contributed by atoms with Gasteiger partial charge >= 0.3 is 0 Å². The van der Waals surface area contributed by atoms with Crippen molar-refractivity contribution >= 4 is 11.7 Å². The van der Waals surface area contributed by atoms with Gasteiger partial charge in [-0.15, -0.1) is 0 Å². The van der Waals surface area contributed by atoms with Crippen LogP contribution in [0.3, 0.4) is 0 Å². The summed E-state index contributed by atoms with van der Waals surface area (Å²) < 4.78 is 7.42. The van der Waals surface area contributed by atoms with Crippen molar-refractivity contribution in [2.45, 2.75) is 45.7 Å². The first kappa shape index (κ1) is 18.2. The molecule has 0 aliphatic carbocycles. The Balaban J connectivity index is 1.55. The molecule has 26 heavy (non-hydrogen) atoms. The minimum absolute atomic E-state index is 0.00196. The Bertz CT molecular complexity index is 724. The SMILES string of the molecule is CCCOc1nccnc1NC1CCN(C(=O)c2ccn(CC)n2)CC1. The Morgan fingerprint density at radius 3 is 2.73 bits per heavy atom. The number of ether oxygens (including phenoxy) is 1. The van der Waals surface area contributed by atoms with Crippen molar-refractivity contribution in [3.63, 3.8) is 0 Å². The average molecular weight is 358 g/mol. The molecule has 1 aliphatic rings. The lowest BCUT2D eigenvalue weighted by Gasteiger charge is -2.32. The second-order valence-corrected chi connectivity index (χ2v) is 6.33. The number of likely N-dealkylation sites (tertiary alicyclic amines) is 1. The fraction of sp³-hybridized carbons (Fsp3) is 0.556. The summed E-state index contributed by atoms with van der Waals surface area (Å²) >= 11 is 0. The average Bonchev–Trinajstić information content (AvgIpc) is 3.16. The van der Waals surface area contributed by atoms with Gasteiger partial charge in [0.1, 0.15) is 5.69 Å². The number of hydrogen-bond acceptors (Lipinski definition) is 6. The van der Waals surface area contributed by atoms with E-state index in [0.29, 0.717) is 37.1 Å². The quantitative estimate of drug-likeness (QED) is 0.817. The highest BCUT2D eigenvalue weighted by Crippen LogP contribution is 2.22. The molecule has 1 amide bonds. The van der Waals surface area contributed by atoms with Gasteiger partial charge in [-0.1, -0.05) is 6.92 Å². The van der Waals surface area contributed by atoms with E-state index < -0.39 is 0 Å². The minimum Gasteiger partial charge on any atom is -0.475 e. The van der Waals surface area contributed by atoms with Crippen molar-refractivity contribution in [2.75, 3.05) is 25.0 Å². The van der Waals surface area contributed by atoms with Crippen LogP contribution in [0, 0.1) is 0 Å². The Morgan fingerprint density at radius 1 is 1.27 bits per heavy atom. The lowest BCUT2D eigenvalue weighted by Crippen LogP contribution is -2.42. The van der Waals surface area contributed by atoms with Gasteiger partial charge < -0.3 is 15.0 Å². The van der Waals surface area contributed by atoms with Crippen molar-refractivity contribution in [3.8, 4) is 5.88 Å². The number of hydrogen-bond donors (Lipinski definition) is 1. The van der Waals surface area contributed by atoms with Crippen LogP contribution in [0.5, 0.6) is 5.88 Å². The molecule has 1 aliphatic heterocycles. The fourth-order valence-corrected chi connectivity index (χ4v) is 2.96. The number of nitrogens with one attached hydrogen (secondary N) is 1. The number of piperidine rings is 1. The zero-order valence-corrected chi connectivity index (χ0v) is 15.4. The van der Waals surface area contributed by atoms with Crippen molar-refractivity contribution < 1.29 is 9.53 Å². The Kier molecular flexibility index (Phi) is 6.04. The minimum atomic E-state index is 0.00196. The Morgan fingerprint density at radius 2 is 2.04 bits per heavy atom. The van der Waals surface area contributed by atoms with Crippen LogP contribution in [0.25, 0.3) is 0 Å². The van der Waals surface area contributed by atoms with E-state index in [-0.39, 0.29) is 11.9 Å². The molecule has 8 heteroatoms. The van der Waals surface area contributed by atoms with Crippen molar-refractivity contribution in [1.82, 2.24) is 24.6 Å². The third-order valence-corrected chi connectivity index (χ3v) is 4.41. The summed E-state index contributed by atoms with van der Waals surface area (Å²) in [6.07, 6.45) is 7.75. The van der Waals surface area contributed by atoms with Crippen LogP contribution in [0.15, 0.2) is 24.7 Å². The van der Waals surface area contributed by atoms with E-state index in [9.17, 15) is 4.79 Å². The molecule has 0 atom stereocenters. The molecule has 0 aromatic carbocycles. The molecule has 1 fully saturated rings. The van der Waals surface area contributed by atoms with Crippen LogP contribution in [0.4, 0.5) is 5.82 Å². The van der Waals surface area contributed by atoms with E-state index in [0.717, 1.165) is 25.8 Å². The summed E-state index contributed by atoms with van der Waals surface area (Å²) in [5.41, 5.74) is 0.516. The smallest absolute Gasteiger partial charge is 0.274 e. The van der Waals surface area contributed by atoms with Crippen LogP contribution in [0.1, 0.15) is 43.6 Å². The number of nitrogens with zero attached hydrogens (tertiary/aromatic N) is 5. The van der Waals surface area contributed by atoms with Gasteiger partial charge in [-0.2, -0.15) is 5.10 Å². The number of amides is 1. The number of carbonyl (C=O) groups excluding carboxylic acids is 1. The first-order chi connectivity index (χ1) is 12.7. The van der Waals surface area contributed by atoms with Crippen LogP contribution < -0.4 is 10.1 Å². The van der Waals surface area contributed by atoms with Gasteiger partial charge in [0.25, 0.3) is 11.8 Å². The molecule has 0 saturated carbocycles. The lowest BCUT2D eigenvalue weighted by molar-refractivity contribution is 0.0711. The zero-order chi connectivity index (χ0) is 18.4. The van der Waals surface area contributed by atoms with E-state index in [4.69, 9.17) is 4.74 Å². The van der Waals surface area contributed by atoms with Crippen LogP contribution in [0.2, 0.25) is 0 Å². The highest BCUT2D eigenvalue weighted by Gasteiger charge is 2.25. The van der Waals surface area contributed by atoms with Gasteiger partial charge in [0.2, 0.25) is 0 Å². The van der Waals surface area contributed by atoms with E-state index in [2.05, 4.69) is 27.3 Å². The van der Waals surface area contributed by atoms with E-state index in [1.165, 1.54) is 0 Å². The van der Waals surface area contributed by atoms with Gasteiger partial charge in [0.15, 0.2) is 5.82 Å². The summed E-state index contributed by atoms with van der Waals surface area (Å²) in [5, 5.41) is 7.72. The fourth-order valence-electron chi connectivity index (χ4n) is 2.96. The van der Waals surface area contributed by atoms with Gasteiger partial charge in [-0.25, -0.2) is 9.97 Å². The summed E-state index contributed by atoms with van der Waals surface area (Å²) in [5.74, 6) is 1.22. The van der Waals surface area contributed by atoms with Gasteiger partial charge in [-0.3, -0.25) is 9.48 Å². The summed E-state index contributed by atoms with van der Waals surface area (Å²) in [6.45, 7) is 6.83. The summed E-state index contributed by atoms with van der Waals surface area (Å²) in [7, 11) is 0.